The summed E-state index contributed by atoms with van der Waals surface area (Å²) in [6.07, 6.45) is 5.74. The van der Waals surface area contributed by atoms with Crippen LogP contribution < -0.4 is 84.8 Å². The van der Waals surface area contributed by atoms with Gasteiger partial charge in [-0.2, -0.15) is 0 Å². The fraction of sp³-hybridized carbons (Fsp3) is 0.234. The molecule has 4 aromatic heterocycles. The molecular weight excluding hydrogens is 1840 g/mol. The third-order valence-corrected chi connectivity index (χ3v) is 23.0. The molecule has 0 aliphatic carbocycles. The van der Waals surface area contributed by atoms with Crippen LogP contribution in [0.25, 0.3) is 44.5 Å². The van der Waals surface area contributed by atoms with Gasteiger partial charge in [0.05, 0.1) is 20.1 Å². The van der Waals surface area contributed by atoms with Crippen molar-refractivity contribution < 1.29 is 55.7 Å². The maximum Gasteiger partial charge on any atom is 0.251 e. The molecule has 17 N–H and O–H groups in total. The summed E-state index contributed by atoms with van der Waals surface area (Å²) < 4.78 is 79.4. The summed E-state index contributed by atoms with van der Waals surface area (Å²) in [6.45, 7) is 14.6. The minimum atomic E-state index is -0.686. The summed E-state index contributed by atoms with van der Waals surface area (Å²) >= 11 is 49.2. The number of piperidine rings is 1. The smallest absolute Gasteiger partial charge is 0.251 e. The van der Waals surface area contributed by atoms with E-state index in [9.17, 15) is 36.7 Å². The number of halogens is 12. The molecule has 5 atom stereocenters. The summed E-state index contributed by atoms with van der Waals surface area (Å²) in [4.78, 5) is 66.0. The van der Waals surface area contributed by atoms with Crippen LogP contribution in [-0.2, 0) is 0 Å². The highest BCUT2D eigenvalue weighted by molar-refractivity contribution is 6.38. The molecule has 24 nitrogen and oxygen atoms in total. The summed E-state index contributed by atoms with van der Waals surface area (Å²) in [5.41, 5.74) is 39.0. The minimum Gasteiger partial charge on any atom is -0.482 e. The number of carbonyl (C=O) groups is 4. The molecule has 5 unspecified atom stereocenters. The molecule has 12 aromatic rings. The summed E-state index contributed by atoms with van der Waals surface area (Å²) in [5.74, 6) is -1.09. The zero-order valence-corrected chi connectivity index (χ0v) is 77.2. The van der Waals surface area contributed by atoms with Gasteiger partial charge in [0.2, 0.25) is 0 Å². The van der Waals surface area contributed by atoms with E-state index in [1.54, 1.807) is 143 Å². The van der Waals surface area contributed by atoms with Crippen molar-refractivity contribution in [3.63, 3.8) is 0 Å². The number of nitrogen functional groups attached to an aromatic ring is 4. The van der Waals surface area contributed by atoms with Crippen molar-refractivity contribution in [1.29, 1.82) is 0 Å². The van der Waals surface area contributed by atoms with Crippen LogP contribution in [0.15, 0.2) is 195 Å². The van der Waals surface area contributed by atoms with Gasteiger partial charge in [-0.25, -0.2) is 37.5 Å². The van der Waals surface area contributed by atoms with Gasteiger partial charge in [-0.3, -0.25) is 19.2 Å². The van der Waals surface area contributed by atoms with Gasteiger partial charge in [0, 0.05) is 163 Å². The number of aromatic nitrogens is 4. The summed E-state index contributed by atoms with van der Waals surface area (Å²) in [6, 6.07) is 46.0. The van der Waals surface area contributed by atoms with E-state index in [2.05, 4.69) is 57.2 Å². The molecule has 0 bridgehead atoms. The van der Waals surface area contributed by atoms with Crippen molar-refractivity contribution in [2.24, 2.45) is 5.73 Å². The van der Waals surface area contributed by atoms with E-state index < -0.39 is 47.7 Å². The number of carbonyl (C=O) groups excluding carboxylic acids is 4. The molecule has 1 saturated heterocycles. The Balaban J connectivity index is 0.000000180. The Hall–Kier alpha value is -11.5. The Morgan fingerprint density at radius 2 is 0.731 bits per heavy atom. The number of benzene rings is 8. The molecule has 0 spiro atoms. The quantitative estimate of drug-likeness (QED) is 0.0113. The van der Waals surface area contributed by atoms with E-state index in [1.807, 2.05) is 44.3 Å². The van der Waals surface area contributed by atoms with E-state index in [0.29, 0.717) is 112 Å². The number of hydrogen-bond donors (Lipinski definition) is 12. The van der Waals surface area contributed by atoms with Crippen molar-refractivity contribution in [3.05, 3.63) is 303 Å². The summed E-state index contributed by atoms with van der Waals surface area (Å²) in [7, 11) is 1.82. The second kappa shape index (κ2) is 48.4. The first-order valence-corrected chi connectivity index (χ1v) is 43.9. The topological polar surface area (TPSA) is 371 Å². The first-order chi connectivity index (χ1) is 62.3. The Labute approximate surface area is 789 Å². The van der Waals surface area contributed by atoms with Gasteiger partial charge in [0.25, 0.3) is 23.6 Å². The van der Waals surface area contributed by atoms with Crippen molar-refractivity contribution in [1.82, 2.24) is 57.2 Å². The van der Waals surface area contributed by atoms with E-state index in [1.165, 1.54) is 48.5 Å². The van der Waals surface area contributed by atoms with Crippen LogP contribution in [0.1, 0.15) is 136 Å². The van der Waals surface area contributed by atoms with E-state index >= 15 is 0 Å². The van der Waals surface area contributed by atoms with Gasteiger partial charge >= 0.3 is 0 Å². The zero-order valence-electron chi connectivity index (χ0n) is 71.1. The van der Waals surface area contributed by atoms with Gasteiger partial charge in [0.15, 0.2) is 46.3 Å². The van der Waals surface area contributed by atoms with Crippen LogP contribution in [0.5, 0.6) is 23.0 Å². The number of nitrogens with one attached hydrogen (secondary N) is 7. The molecule has 682 valence electrons. The number of amides is 4. The molecule has 1 fully saturated rings. The van der Waals surface area contributed by atoms with Crippen molar-refractivity contribution in [3.8, 4) is 67.5 Å². The molecule has 130 heavy (non-hydrogen) atoms. The maximum absolute atomic E-state index is 13.9. The fourth-order valence-corrected chi connectivity index (χ4v) is 16.0. The second-order valence-electron chi connectivity index (χ2n) is 29.3. The molecule has 0 saturated carbocycles. The lowest BCUT2D eigenvalue weighted by molar-refractivity contribution is 0.0926. The summed E-state index contributed by atoms with van der Waals surface area (Å²) in [5, 5.41) is 21.6. The zero-order chi connectivity index (χ0) is 94.0. The average Bonchev–Trinajstić information content (AvgIpc) is 0.812. The van der Waals surface area contributed by atoms with Crippen molar-refractivity contribution >= 4 is 140 Å². The fourth-order valence-electron chi connectivity index (χ4n) is 13.2. The highest BCUT2D eigenvalue weighted by Crippen LogP contribution is 2.43. The van der Waals surface area contributed by atoms with Crippen LogP contribution in [0, 0.1) is 23.3 Å². The van der Waals surface area contributed by atoms with Crippen molar-refractivity contribution in [2.75, 3.05) is 88.9 Å². The van der Waals surface area contributed by atoms with Crippen LogP contribution in [-0.4, -0.2) is 116 Å². The van der Waals surface area contributed by atoms with Crippen LogP contribution in [0.3, 0.4) is 0 Å². The van der Waals surface area contributed by atoms with E-state index in [-0.39, 0.29) is 93.8 Å². The SMILES string of the molecule is CC(Oc1cc(-c2ccc(C(=O)NC3CCCNC3)cc2)cnc1N)c1c(Cl)ccc(F)c1Cl.CC(Oc1cc(-c2ccc(C(=O)NCCN)cc2)cnc1N)c1c(Cl)ccc(F)c1Cl.CCNCCNC(=O)c1ccc(-c2cnc(N)c(OC(C)c3c(Cl)ccc(F)c3Cl)c2)cc1.CNCCNC(=O)c1cccc(-c2cnc(N)c(OC(C)c3c(Cl)ccc(F)c3Cl)c2)c1. The normalized spacial score (nSPS) is 13.1. The van der Waals surface area contributed by atoms with Gasteiger partial charge < -0.3 is 84.8 Å². The molecule has 36 heteroatoms. The second-order valence-corrected chi connectivity index (χ2v) is 32.5. The highest BCUT2D eigenvalue weighted by Gasteiger charge is 2.27. The Kier molecular flexibility index (Phi) is 37.5. The lowest BCUT2D eigenvalue weighted by Crippen LogP contribution is -2.45. The number of pyridine rings is 4. The largest absolute Gasteiger partial charge is 0.482 e. The number of nitrogens with zero attached hydrogens (tertiary/aromatic N) is 4. The number of ether oxygens (including phenoxy) is 4. The van der Waals surface area contributed by atoms with Gasteiger partial charge in [-0.15, -0.1) is 0 Å². The number of rotatable bonds is 30. The number of anilines is 4. The van der Waals surface area contributed by atoms with E-state index in [0.717, 1.165) is 71.4 Å². The number of nitrogens with two attached hydrogens (primary N) is 5. The lowest BCUT2D eigenvalue weighted by Gasteiger charge is -2.23. The minimum absolute atomic E-state index is 0.0967. The molecule has 13 rings (SSSR count). The molecule has 8 aromatic carbocycles. The maximum atomic E-state index is 13.9. The highest BCUT2D eigenvalue weighted by atomic mass is 35.5. The monoisotopic (exact) mass is 1930 g/mol. The first kappa shape index (κ1) is 101. The molecule has 4 amide bonds. The lowest BCUT2D eigenvalue weighted by atomic mass is 10.0. The van der Waals surface area contributed by atoms with E-state index in [4.69, 9.17) is 140 Å². The Morgan fingerprint density at radius 1 is 0.408 bits per heavy atom. The molecule has 1 aliphatic heterocycles. The predicted molar refractivity (Wildman–Crippen MR) is 510 cm³/mol. The van der Waals surface area contributed by atoms with Crippen LogP contribution in [0.2, 0.25) is 40.2 Å². The Morgan fingerprint density at radius 3 is 1.05 bits per heavy atom. The first-order valence-electron chi connectivity index (χ1n) is 40.8. The van der Waals surface area contributed by atoms with Crippen LogP contribution in [0.4, 0.5) is 40.8 Å². The van der Waals surface area contributed by atoms with Gasteiger partial charge in [0.1, 0.15) is 47.7 Å². The number of hydrogen-bond acceptors (Lipinski definition) is 20. The third-order valence-electron chi connectivity index (χ3n) is 20.1. The van der Waals surface area contributed by atoms with Gasteiger partial charge in [-0.1, -0.05) is 148 Å². The third kappa shape index (κ3) is 27.1. The molecule has 1 aliphatic rings. The molecule has 5 heterocycles. The van der Waals surface area contributed by atoms with Gasteiger partial charge in [-0.05, 0) is 204 Å². The number of likely N-dealkylation sites (N-methyl/N-ethyl adjacent to an activating group) is 2. The standard InChI is InChI=1S/C25H25Cl2FN4O2.C24H25Cl2FN4O2.C23H23Cl2FN4O2.C22H21Cl2FN4O2/c1-14(22-19(26)8-9-20(28)23(22)27)34-21-11-17(12-31-24(21)29)15-4-6-16(7-5-15)25(33)32-18-3-2-10-30-13-18;1-3-29-10-11-30-24(32)16-6-4-15(5-7-16)17-12-20(23(28)31-13-17)33-14(2)21-18(25)8-9-19(27)22(21)26;1-13(20-17(24)6-7-18(26)21(20)25)32-19-11-16(12-30-22(19)27)14-4-3-5-15(10-14)23(31)29-9-8-28-2;1-12(19-16(23)6-7-17(25)20(19)24)31-18-10-15(11-29-21(18)27)13-2-4-14(5-3-13)22(30)28-9-8-26/h4-9,11-12,14,18,30H,2-3,10,13H2,1H3,(H2,29,31)(H,32,33);4-9,12-14,29H,3,10-11H2,1-2H3,(H2,28,31)(H,30,32);3-7,10-13,28H,8-9H2,1-2H3,(H2,27,30)(H,29,31);2-7,10-12H,8-9,26H2,1H3,(H2,27,29)(H,28,30). The Bertz CT molecular complexity index is 5960. The average molecular weight is 1940 g/mol. The predicted octanol–water partition coefficient (Wildman–Crippen LogP) is 20.1. The molecule has 0 radical (unpaired) electrons. The van der Waals surface area contributed by atoms with Crippen LogP contribution >= 0.6 is 92.8 Å². The van der Waals surface area contributed by atoms with Crippen molar-refractivity contribution in [2.45, 2.75) is 77.9 Å². The molecular formula is C94H94Cl8F4N16O8.